The van der Waals surface area contributed by atoms with Gasteiger partial charge in [-0.3, -0.25) is 19.2 Å². The maximum absolute atomic E-state index is 12.7. The van der Waals surface area contributed by atoms with Crippen molar-refractivity contribution in [2.45, 2.75) is 25.7 Å². The number of rotatable bonds is 4. The normalized spacial score (nSPS) is 17.3. The van der Waals surface area contributed by atoms with Gasteiger partial charge in [-0.15, -0.1) is 0 Å². The number of likely N-dealkylation sites (N-methyl/N-ethyl adjacent to an activating group) is 1. The number of aryl methyl sites for hydroxylation is 1. The van der Waals surface area contributed by atoms with Crippen molar-refractivity contribution in [1.29, 1.82) is 0 Å². The zero-order chi connectivity index (χ0) is 20.4. The molecular weight excluding hydrogens is 362 g/mol. The van der Waals surface area contributed by atoms with Gasteiger partial charge in [0.15, 0.2) is 0 Å². The molecule has 1 N–H and O–H groups in total. The van der Waals surface area contributed by atoms with E-state index >= 15 is 0 Å². The Bertz CT molecular complexity index is 814. The molecule has 8 nitrogen and oxygen atoms in total. The van der Waals surface area contributed by atoms with Gasteiger partial charge in [-0.25, -0.2) is 0 Å². The van der Waals surface area contributed by atoms with Crippen LogP contribution >= 0.6 is 0 Å². The van der Waals surface area contributed by atoms with Crippen LogP contribution in [0.4, 0.5) is 5.69 Å². The Hall–Kier alpha value is -2.90. The van der Waals surface area contributed by atoms with Gasteiger partial charge in [0, 0.05) is 44.9 Å². The lowest BCUT2D eigenvalue weighted by Gasteiger charge is -2.31. The number of piperidine rings is 1. The van der Waals surface area contributed by atoms with Crippen LogP contribution in [0.2, 0.25) is 0 Å². The Morgan fingerprint density at radius 3 is 2.50 bits per heavy atom. The topological polar surface area (TPSA) is 98.2 Å². The molecule has 0 aliphatic carbocycles. The molecule has 3 rings (SSSR count). The van der Waals surface area contributed by atoms with Crippen molar-refractivity contribution in [2.24, 2.45) is 5.92 Å². The van der Waals surface area contributed by atoms with Crippen molar-refractivity contribution in [3.05, 3.63) is 29.3 Å². The summed E-state index contributed by atoms with van der Waals surface area (Å²) in [5.74, 6) is -1.59. The fraction of sp³-hybridized carbons (Fsp3) is 0.500. The molecule has 0 bridgehead atoms. The molecule has 1 fully saturated rings. The van der Waals surface area contributed by atoms with Crippen molar-refractivity contribution < 1.29 is 24.3 Å². The number of amides is 3. The predicted molar refractivity (Wildman–Crippen MR) is 102 cm³/mol. The Kier molecular flexibility index (Phi) is 5.67. The SMILES string of the molecule is CN(CC(=O)N1CCC(C(=O)O)CC1)C(=O)c1ccc2c(c1)CCC(=O)N2C. The number of hydrogen-bond acceptors (Lipinski definition) is 4. The van der Waals surface area contributed by atoms with Crippen LogP contribution < -0.4 is 4.90 Å². The number of aliphatic carboxylic acids is 1. The number of likely N-dealkylation sites (tertiary alicyclic amines) is 1. The average molecular weight is 387 g/mol. The van der Waals surface area contributed by atoms with Crippen molar-refractivity contribution >= 4 is 29.4 Å². The number of carbonyl (C=O) groups is 4. The molecule has 1 saturated heterocycles. The summed E-state index contributed by atoms with van der Waals surface area (Å²) >= 11 is 0. The quantitative estimate of drug-likeness (QED) is 0.831. The molecule has 0 atom stereocenters. The lowest BCUT2D eigenvalue weighted by molar-refractivity contribution is -0.145. The smallest absolute Gasteiger partial charge is 0.306 e. The fourth-order valence-electron chi connectivity index (χ4n) is 3.76. The number of fused-ring (bicyclic) bond motifs is 1. The monoisotopic (exact) mass is 387 g/mol. The van der Waals surface area contributed by atoms with Gasteiger partial charge < -0.3 is 19.8 Å². The molecule has 0 radical (unpaired) electrons. The van der Waals surface area contributed by atoms with E-state index in [9.17, 15) is 19.2 Å². The Morgan fingerprint density at radius 2 is 1.86 bits per heavy atom. The van der Waals surface area contributed by atoms with E-state index in [1.807, 2.05) is 0 Å². The van der Waals surface area contributed by atoms with Crippen LogP contribution in [0, 0.1) is 5.92 Å². The molecule has 3 amide bonds. The van der Waals surface area contributed by atoms with Crippen molar-refractivity contribution in [2.75, 3.05) is 38.6 Å². The van der Waals surface area contributed by atoms with Gasteiger partial charge in [0.2, 0.25) is 11.8 Å². The maximum Gasteiger partial charge on any atom is 0.306 e. The van der Waals surface area contributed by atoms with Crippen LogP contribution in [-0.4, -0.2) is 72.3 Å². The van der Waals surface area contributed by atoms with E-state index in [1.54, 1.807) is 42.1 Å². The van der Waals surface area contributed by atoms with E-state index in [2.05, 4.69) is 0 Å². The molecule has 8 heteroatoms. The summed E-state index contributed by atoms with van der Waals surface area (Å²) in [5.41, 5.74) is 2.25. The largest absolute Gasteiger partial charge is 0.481 e. The summed E-state index contributed by atoms with van der Waals surface area (Å²) < 4.78 is 0. The number of anilines is 1. The summed E-state index contributed by atoms with van der Waals surface area (Å²) in [7, 11) is 3.31. The standard InChI is InChI=1S/C20H25N3O5/c1-21(12-18(25)23-9-7-13(8-10-23)20(27)28)19(26)15-3-5-16-14(11-15)4-6-17(24)22(16)2/h3,5,11,13H,4,6-10,12H2,1-2H3,(H,27,28). The molecule has 2 heterocycles. The van der Waals surface area contributed by atoms with Crippen LogP contribution in [0.25, 0.3) is 0 Å². The van der Waals surface area contributed by atoms with Crippen molar-refractivity contribution in [1.82, 2.24) is 9.80 Å². The maximum atomic E-state index is 12.7. The zero-order valence-corrected chi connectivity index (χ0v) is 16.2. The summed E-state index contributed by atoms with van der Waals surface area (Å²) in [5, 5.41) is 9.04. The number of carboxylic acid groups (broad SMARTS) is 1. The average Bonchev–Trinajstić information content (AvgIpc) is 2.70. The second kappa shape index (κ2) is 8.00. The molecule has 150 valence electrons. The molecule has 2 aliphatic heterocycles. The molecule has 28 heavy (non-hydrogen) atoms. The van der Waals surface area contributed by atoms with Gasteiger partial charge in [0.05, 0.1) is 12.5 Å². The number of carboxylic acids is 1. The van der Waals surface area contributed by atoms with E-state index in [0.29, 0.717) is 44.3 Å². The molecule has 0 aromatic heterocycles. The van der Waals surface area contributed by atoms with Crippen LogP contribution in [-0.2, 0) is 20.8 Å². The number of hydrogen-bond donors (Lipinski definition) is 1. The lowest BCUT2D eigenvalue weighted by atomic mass is 9.97. The first-order valence-electron chi connectivity index (χ1n) is 9.43. The van der Waals surface area contributed by atoms with E-state index in [-0.39, 0.29) is 24.3 Å². The Morgan fingerprint density at radius 1 is 1.18 bits per heavy atom. The van der Waals surface area contributed by atoms with Gasteiger partial charge >= 0.3 is 5.97 Å². The Balaban J connectivity index is 1.61. The van der Waals surface area contributed by atoms with Crippen LogP contribution in [0.5, 0.6) is 0 Å². The third kappa shape index (κ3) is 4.00. The van der Waals surface area contributed by atoms with E-state index in [0.717, 1.165) is 11.3 Å². The lowest BCUT2D eigenvalue weighted by Crippen LogP contribution is -2.45. The zero-order valence-electron chi connectivity index (χ0n) is 16.2. The molecule has 0 saturated carbocycles. The first-order valence-corrected chi connectivity index (χ1v) is 9.43. The van der Waals surface area contributed by atoms with Crippen molar-refractivity contribution in [3.8, 4) is 0 Å². The van der Waals surface area contributed by atoms with E-state index in [1.165, 1.54) is 4.90 Å². The predicted octanol–water partition coefficient (Wildman–Crippen LogP) is 0.991. The fourth-order valence-corrected chi connectivity index (χ4v) is 3.76. The van der Waals surface area contributed by atoms with Crippen LogP contribution in [0.15, 0.2) is 18.2 Å². The summed E-state index contributed by atoms with van der Waals surface area (Å²) in [6, 6.07) is 5.24. The van der Waals surface area contributed by atoms with Gasteiger partial charge in [0.25, 0.3) is 5.91 Å². The Labute approximate surface area is 163 Å². The highest BCUT2D eigenvalue weighted by Crippen LogP contribution is 2.28. The van der Waals surface area contributed by atoms with Gasteiger partial charge in [-0.1, -0.05) is 0 Å². The van der Waals surface area contributed by atoms with Crippen molar-refractivity contribution in [3.63, 3.8) is 0 Å². The third-order valence-electron chi connectivity index (χ3n) is 5.59. The number of benzene rings is 1. The molecule has 1 aromatic rings. The molecular formula is C20H25N3O5. The highest BCUT2D eigenvalue weighted by atomic mass is 16.4. The number of carbonyl (C=O) groups excluding carboxylic acids is 3. The minimum atomic E-state index is -0.820. The first kappa shape index (κ1) is 19.9. The molecule has 2 aliphatic rings. The molecule has 0 unspecified atom stereocenters. The summed E-state index contributed by atoms with van der Waals surface area (Å²) in [6.07, 6.45) is 1.90. The van der Waals surface area contributed by atoms with Crippen LogP contribution in [0.3, 0.4) is 0 Å². The summed E-state index contributed by atoms with van der Waals surface area (Å²) in [6.45, 7) is 0.750. The third-order valence-corrected chi connectivity index (χ3v) is 5.59. The second-order valence-electron chi connectivity index (χ2n) is 7.45. The summed E-state index contributed by atoms with van der Waals surface area (Å²) in [4.78, 5) is 52.6. The molecule has 0 spiro atoms. The minimum Gasteiger partial charge on any atom is -0.481 e. The second-order valence-corrected chi connectivity index (χ2v) is 7.45. The molecule has 1 aromatic carbocycles. The van der Waals surface area contributed by atoms with E-state index < -0.39 is 11.9 Å². The number of nitrogens with zero attached hydrogens (tertiary/aromatic N) is 3. The van der Waals surface area contributed by atoms with Crippen LogP contribution in [0.1, 0.15) is 35.2 Å². The van der Waals surface area contributed by atoms with Gasteiger partial charge in [0.1, 0.15) is 0 Å². The first-order chi connectivity index (χ1) is 13.3. The highest BCUT2D eigenvalue weighted by Gasteiger charge is 2.28. The minimum absolute atomic E-state index is 0.0496. The van der Waals surface area contributed by atoms with E-state index in [4.69, 9.17) is 5.11 Å². The van der Waals surface area contributed by atoms with Gasteiger partial charge in [-0.05, 0) is 43.0 Å². The van der Waals surface area contributed by atoms with Gasteiger partial charge in [-0.2, -0.15) is 0 Å². The highest BCUT2D eigenvalue weighted by molar-refractivity contribution is 5.99.